The molecule has 0 aromatic carbocycles. The van der Waals surface area contributed by atoms with Gasteiger partial charge in [-0.2, -0.15) is 4.31 Å². The summed E-state index contributed by atoms with van der Waals surface area (Å²) in [7, 11) is -1.85. The molecule has 1 rings (SSSR count). The standard InChI is InChI=1S/C10H16ClNO3S2/c1-3-12(4-5-15-2)17(13,14)10-6-9(7-11)8-16-10/h6,8H,3-5,7H2,1-2H3. The Bertz CT molecular complexity index is 444. The summed E-state index contributed by atoms with van der Waals surface area (Å²) in [6, 6.07) is 1.63. The fourth-order valence-electron chi connectivity index (χ4n) is 1.33. The molecule has 0 saturated heterocycles. The van der Waals surface area contributed by atoms with Gasteiger partial charge in [-0.3, -0.25) is 0 Å². The molecule has 17 heavy (non-hydrogen) atoms. The van der Waals surface area contributed by atoms with Crippen molar-refractivity contribution in [2.45, 2.75) is 17.0 Å². The first-order chi connectivity index (χ1) is 8.06. The first-order valence-corrected chi connectivity index (χ1v) is 8.04. The number of nitrogens with zero attached hydrogens (tertiary/aromatic N) is 1. The predicted octanol–water partition coefficient (Wildman–Crippen LogP) is 2.14. The molecular formula is C10H16ClNO3S2. The largest absolute Gasteiger partial charge is 0.383 e. The minimum atomic E-state index is -3.40. The molecule has 4 nitrogen and oxygen atoms in total. The molecule has 0 amide bonds. The Kier molecular flexibility index (Phi) is 5.88. The molecular weight excluding hydrogens is 282 g/mol. The van der Waals surface area contributed by atoms with Crippen LogP contribution >= 0.6 is 22.9 Å². The molecule has 1 aromatic heterocycles. The average Bonchev–Trinajstić information content (AvgIpc) is 2.79. The van der Waals surface area contributed by atoms with Gasteiger partial charge < -0.3 is 4.74 Å². The van der Waals surface area contributed by atoms with Crippen LogP contribution in [0.3, 0.4) is 0 Å². The summed E-state index contributed by atoms with van der Waals surface area (Å²) in [5, 5.41) is 1.77. The lowest BCUT2D eigenvalue weighted by molar-refractivity contribution is 0.180. The average molecular weight is 298 g/mol. The van der Waals surface area contributed by atoms with E-state index >= 15 is 0 Å². The number of thiophene rings is 1. The maximum Gasteiger partial charge on any atom is 0.252 e. The summed E-state index contributed by atoms with van der Waals surface area (Å²) in [5.41, 5.74) is 0.832. The number of sulfonamides is 1. The van der Waals surface area contributed by atoms with Gasteiger partial charge in [-0.05, 0) is 17.0 Å². The molecule has 0 radical (unpaired) electrons. The van der Waals surface area contributed by atoms with Crippen molar-refractivity contribution in [1.29, 1.82) is 0 Å². The van der Waals surface area contributed by atoms with Crippen LogP contribution in [0.2, 0.25) is 0 Å². The van der Waals surface area contributed by atoms with E-state index in [-0.39, 0.29) is 0 Å². The number of methoxy groups -OCH3 is 1. The lowest BCUT2D eigenvalue weighted by atomic mass is 10.4. The lowest BCUT2D eigenvalue weighted by Crippen LogP contribution is -2.33. The van der Waals surface area contributed by atoms with Crippen LogP contribution in [0.1, 0.15) is 12.5 Å². The highest BCUT2D eigenvalue weighted by atomic mass is 35.5. The second-order valence-corrected chi connectivity index (χ2v) is 6.74. The van der Waals surface area contributed by atoms with Gasteiger partial charge in [-0.15, -0.1) is 22.9 Å². The molecule has 0 unspecified atom stereocenters. The molecule has 1 heterocycles. The number of alkyl halides is 1. The van der Waals surface area contributed by atoms with Gasteiger partial charge in [-0.1, -0.05) is 6.92 Å². The molecule has 0 fully saturated rings. The molecule has 0 aliphatic rings. The zero-order valence-corrected chi connectivity index (χ0v) is 12.2. The first kappa shape index (κ1) is 14.9. The number of likely N-dealkylation sites (N-methyl/N-ethyl adjacent to an activating group) is 1. The Morgan fingerprint density at radius 2 is 2.24 bits per heavy atom. The van der Waals surface area contributed by atoms with Crippen LogP contribution in [0, 0.1) is 0 Å². The van der Waals surface area contributed by atoms with Crippen molar-refractivity contribution in [1.82, 2.24) is 4.31 Å². The molecule has 0 N–H and O–H groups in total. The second kappa shape index (κ2) is 6.70. The summed E-state index contributed by atoms with van der Waals surface area (Å²) in [6.45, 7) is 2.99. The Hall–Kier alpha value is -0.140. The van der Waals surface area contributed by atoms with Gasteiger partial charge in [0.2, 0.25) is 0 Å². The van der Waals surface area contributed by atoms with Gasteiger partial charge in [0, 0.05) is 26.1 Å². The number of halogens is 1. The van der Waals surface area contributed by atoms with E-state index < -0.39 is 10.0 Å². The van der Waals surface area contributed by atoms with Crippen LogP contribution < -0.4 is 0 Å². The normalized spacial score (nSPS) is 12.2. The Morgan fingerprint density at radius 1 is 1.53 bits per heavy atom. The number of ether oxygens (including phenoxy) is 1. The minimum Gasteiger partial charge on any atom is -0.383 e. The fourth-order valence-corrected chi connectivity index (χ4v) is 4.37. The van der Waals surface area contributed by atoms with E-state index in [0.29, 0.717) is 29.8 Å². The van der Waals surface area contributed by atoms with Gasteiger partial charge in [0.1, 0.15) is 4.21 Å². The Morgan fingerprint density at radius 3 is 2.71 bits per heavy atom. The van der Waals surface area contributed by atoms with Crippen molar-refractivity contribution in [3.8, 4) is 0 Å². The third-order valence-corrected chi connectivity index (χ3v) is 6.02. The van der Waals surface area contributed by atoms with Crippen LogP contribution in [-0.4, -0.2) is 39.5 Å². The minimum absolute atomic E-state index is 0.330. The van der Waals surface area contributed by atoms with Crippen LogP contribution in [0.4, 0.5) is 0 Å². The van der Waals surface area contributed by atoms with Crippen molar-refractivity contribution in [3.63, 3.8) is 0 Å². The highest BCUT2D eigenvalue weighted by Gasteiger charge is 2.24. The number of hydrogen-bond donors (Lipinski definition) is 0. The molecule has 98 valence electrons. The third-order valence-electron chi connectivity index (χ3n) is 2.28. The van der Waals surface area contributed by atoms with E-state index in [1.165, 1.54) is 15.6 Å². The van der Waals surface area contributed by atoms with Crippen LogP contribution in [-0.2, 0) is 20.6 Å². The topological polar surface area (TPSA) is 46.6 Å². The summed E-state index contributed by atoms with van der Waals surface area (Å²) in [6.07, 6.45) is 0. The summed E-state index contributed by atoms with van der Waals surface area (Å²) >= 11 is 6.87. The van der Waals surface area contributed by atoms with E-state index in [2.05, 4.69) is 0 Å². The Balaban J connectivity index is 2.91. The predicted molar refractivity (Wildman–Crippen MR) is 70.2 cm³/mol. The number of hydrogen-bond acceptors (Lipinski definition) is 4. The summed E-state index contributed by atoms with van der Waals surface area (Å²) in [4.78, 5) is 0. The molecule has 0 aliphatic carbocycles. The van der Waals surface area contributed by atoms with E-state index in [0.717, 1.165) is 5.56 Å². The van der Waals surface area contributed by atoms with Crippen molar-refractivity contribution in [2.24, 2.45) is 0 Å². The molecule has 0 bridgehead atoms. The highest BCUT2D eigenvalue weighted by molar-refractivity contribution is 7.91. The maximum absolute atomic E-state index is 12.2. The smallest absolute Gasteiger partial charge is 0.252 e. The van der Waals surface area contributed by atoms with Gasteiger partial charge in [0.25, 0.3) is 10.0 Å². The Labute approximate surface area is 111 Å². The third kappa shape index (κ3) is 3.66. The summed E-state index contributed by atoms with van der Waals surface area (Å²) in [5.74, 6) is 0.330. The van der Waals surface area contributed by atoms with Gasteiger partial charge >= 0.3 is 0 Å². The van der Waals surface area contributed by atoms with Crippen LogP contribution in [0.25, 0.3) is 0 Å². The second-order valence-electron chi connectivity index (χ2n) is 3.40. The summed E-state index contributed by atoms with van der Waals surface area (Å²) < 4.78 is 31.1. The van der Waals surface area contributed by atoms with E-state index in [4.69, 9.17) is 16.3 Å². The van der Waals surface area contributed by atoms with Gasteiger partial charge in [0.05, 0.1) is 6.61 Å². The van der Waals surface area contributed by atoms with Gasteiger partial charge in [0.15, 0.2) is 0 Å². The first-order valence-electron chi connectivity index (χ1n) is 5.18. The molecule has 0 atom stereocenters. The van der Waals surface area contributed by atoms with E-state index in [1.54, 1.807) is 18.6 Å². The van der Waals surface area contributed by atoms with Crippen LogP contribution in [0.5, 0.6) is 0 Å². The fraction of sp³-hybridized carbons (Fsp3) is 0.600. The zero-order chi connectivity index (χ0) is 12.9. The highest BCUT2D eigenvalue weighted by Crippen LogP contribution is 2.24. The van der Waals surface area contributed by atoms with Crippen molar-refractivity contribution < 1.29 is 13.2 Å². The monoisotopic (exact) mass is 297 g/mol. The SMILES string of the molecule is CCN(CCOC)S(=O)(=O)c1cc(CCl)cs1. The van der Waals surface area contributed by atoms with Crippen molar-refractivity contribution >= 4 is 33.0 Å². The number of rotatable bonds is 7. The quantitative estimate of drug-likeness (QED) is 0.725. The van der Waals surface area contributed by atoms with Crippen LogP contribution in [0.15, 0.2) is 15.7 Å². The molecule has 0 spiro atoms. The van der Waals surface area contributed by atoms with Crippen molar-refractivity contribution in [2.75, 3.05) is 26.8 Å². The molecule has 7 heteroatoms. The molecule has 1 aromatic rings. The van der Waals surface area contributed by atoms with Gasteiger partial charge in [-0.25, -0.2) is 8.42 Å². The molecule has 0 saturated carbocycles. The van der Waals surface area contributed by atoms with Crippen molar-refractivity contribution in [3.05, 3.63) is 17.0 Å². The lowest BCUT2D eigenvalue weighted by Gasteiger charge is -2.18. The van der Waals surface area contributed by atoms with E-state index in [1.807, 2.05) is 6.92 Å². The maximum atomic E-state index is 12.2. The van der Waals surface area contributed by atoms with E-state index in [9.17, 15) is 8.42 Å². The zero-order valence-electron chi connectivity index (χ0n) is 9.85. The molecule has 0 aliphatic heterocycles.